The summed E-state index contributed by atoms with van der Waals surface area (Å²) in [5.41, 5.74) is 0. The highest BCUT2D eigenvalue weighted by Gasteiger charge is 2.34. The van der Waals surface area contributed by atoms with Crippen LogP contribution in [0.5, 0.6) is 0 Å². The highest BCUT2D eigenvalue weighted by atomic mass is 32.2. The van der Waals surface area contributed by atoms with Crippen molar-refractivity contribution in [2.45, 2.75) is 37.5 Å². The summed E-state index contributed by atoms with van der Waals surface area (Å²) >= 11 is 0. The van der Waals surface area contributed by atoms with Gasteiger partial charge in [-0.15, -0.1) is 0 Å². The Kier molecular flexibility index (Phi) is 4.10. The Balaban J connectivity index is 2.65. The van der Waals surface area contributed by atoms with Crippen LogP contribution in [0.15, 0.2) is 0 Å². The summed E-state index contributed by atoms with van der Waals surface area (Å²) in [6.07, 6.45) is 1.80. The van der Waals surface area contributed by atoms with E-state index in [0.717, 1.165) is 6.42 Å². The number of aliphatic hydroxyl groups is 1. The maximum Gasteiger partial charge on any atom is 0.238 e. The van der Waals surface area contributed by atoms with E-state index in [1.807, 2.05) is 0 Å². The van der Waals surface area contributed by atoms with Crippen molar-refractivity contribution >= 4 is 15.7 Å². The van der Waals surface area contributed by atoms with Gasteiger partial charge in [0.2, 0.25) is 5.91 Å². The molecule has 88 valence electrons. The fourth-order valence-electron chi connectivity index (χ4n) is 1.63. The third-order valence-electron chi connectivity index (χ3n) is 2.53. The van der Waals surface area contributed by atoms with E-state index in [4.69, 9.17) is 5.11 Å². The highest BCUT2D eigenvalue weighted by Crippen LogP contribution is 2.19. The number of amides is 1. The summed E-state index contributed by atoms with van der Waals surface area (Å²) in [6.45, 7) is 1.45. The molecule has 1 unspecified atom stereocenters. The third kappa shape index (κ3) is 3.17. The maximum atomic E-state index is 11.6. The number of aliphatic hydroxyl groups excluding tert-OH is 1. The van der Waals surface area contributed by atoms with Gasteiger partial charge in [-0.05, 0) is 19.8 Å². The molecule has 1 aliphatic rings. The molecular formula is C9H17NO4S. The van der Waals surface area contributed by atoms with Gasteiger partial charge >= 0.3 is 0 Å². The van der Waals surface area contributed by atoms with Gasteiger partial charge in [-0.25, -0.2) is 8.42 Å². The van der Waals surface area contributed by atoms with Crippen molar-refractivity contribution < 1.29 is 18.3 Å². The van der Waals surface area contributed by atoms with Crippen LogP contribution < -0.4 is 5.32 Å². The Bertz CT molecular complexity index is 325. The van der Waals surface area contributed by atoms with E-state index < -0.39 is 27.0 Å². The summed E-state index contributed by atoms with van der Waals surface area (Å²) in [4.78, 5) is 11.6. The second-order valence-corrected chi connectivity index (χ2v) is 6.25. The van der Waals surface area contributed by atoms with Gasteiger partial charge in [0.25, 0.3) is 0 Å². The monoisotopic (exact) mass is 235 g/mol. The molecule has 15 heavy (non-hydrogen) atoms. The second kappa shape index (κ2) is 4.94. The van der Waals surface area contributed by atoms with Gasteiger partial charge in [0, 0.05) is 6.04 Å². The van der Waals surface area contributed by atoms with Crippen LogP contribution in [0.2, 0.25) is 0 Å². The molecule has 1 rings (SSSR count). The SMILES string of the molecule is C[C@H](CO)NC(=O)C1CCCCS1(=O)=O. The van der Waals surface area contributed by atoms with Crippen LogP contribution in [0.1, 0.15) is 26.2 Å². The van der Waals surface area contributed by atoms with E-state index in [1.54, 1.807) is 6.92 Å². The minimum atomic E-state index is -3.27. The number of carbonyl (C=O) groups excluding carboxylic acids is 1. The first-order chi connectivity index (χ1) is 6.97. The number of sulfone groups is 1. The minimum absolute atomic E-state index is 0.0958. The quantitative estimate of drug-likeness (QED) is 0.687. The van der Waals surface area contributed by atoms with Crippen LogP contribution in [0.3, 0.4) is 0 Å². The lowest BCUT2D eigenvalue weighted by molar-refractivity contribution is -0.121. The molecule has 0 aromatic carbocycles. The number of hydrogen-bond donors (Lipinski definition) is 2. The summed E-state index contributed by atoms with van der Waals surface area (Å²) < 4.78 is 23.1. The first kappa shape index (κ1) is 12.4. The molecule has 1 heterocycles. The predicted octanol–water partition coefficient (Wildman–Crippen LogP) is -0.549. The number of rotatable bonds is 3. The van der Waals surface area contributed by atoms with Crippen LogP contribution in [-0.4, -0.2) is 43.1 Å². The van der Waals surface area contributed by atoms with E-state index in [2.05, 4.69) is 5.32 Å². The van der Waals surface area contributed by atoms with E-state index in [0.29, 0.717) is 12.8 Å². The lowest BCUT2D eigenvalue weighted by atomic mass is 10.1. The molecule has 5 nitrogen and oxygen atoms in total. The van der Waals surface area contributed by atoms with Gasteiger partial charge in [0.15, 0.2) is 9.84 Å². The smallest absolute Gasteiger partial charge is 0.238 e. The molecular weight excluding hydrogens is 218 g/mol. The normalized spacial score (nSPS) is 26.9. The fourth-order valence-corrected chi connectivity index (χ4v) is 3.44. The van der Waals surface area contributed by atoms with E-state index >= 15 is 0 Å². The van der Waals surface area contributed by atoms with Gasteiger partial charge in [0.1, 0.15) is 5.25 Å². The van der Waals surface area contributed by atoms with E-state index in [9.17, 15) is 13.2 Å². The Morgan fingerprint density at radius 2 is 2.20 bits per heavy atom. The summed E-state index contributed by atoms with van der Waals surface area (Å²) in [5, 5.41) is 10.3. The molecule has 0 bridgehead atoms. The first-order valence-electron chi connectivity index (χ1n) is 5.10. The number of carbonyl (C=O) groups is 1. The van der Waals surface area contributed by atoms with Gasteiger partial charge in [-0.3, -0.25) is 4.79 Å². The summed E-state index contributed by atoms with van der Waals surface area (Å²) in [6, 6.07) is -0.394. The van der Waals surface area contributed by atoms with Crippen LogP contribution in [0, 0.1) is 0 Å². The Hall–Kier alpha value is -0.620. The van der Waals surface area contributed by atoms with Crippen molar-refractivity contribution in [3.8, 4) is 0 Å². The molecule has 2 atom stereocenters. The molecule has 0 radical (unpaired) electrons. The summed E-state index contributed by atoms with van der Waals surface area (Å²) in [7, 11) is -3.27. The Labute approximate surface area is 89.8 Å². The van der Waals surface area contributed by atoms with Crippen LogP contribution in [0.25, 0.3) is 0 Å². The first-order valence-corrected chi connectivity index (χ1v) is 6.81. The van der Waals surface area contributed by atoms with Crippen molar-refractivity contribution in [1.82, 2.24) is 5.32 Å². The summed E-state index contributed by atoms with van der Waals surface area (Å²) in [5.74, 6) is -0.380. The maximum absolute atomic E-state index is 11.6. The number of nitrogens with one attached hydrogen (secondary N) is 1. The largest absolute Gasteiger partial charge is 0.394 e. The van der Waals surface area contributed by atoms with Crippen molar-refractivity contribution in [3.63, 3.8) is 0 Å². The second-order valence-electron chi connectivity index (χ2n) is 3.94. The zero-order valence-corrected chi connectivity index (χ0v) is 9.59. The Morgan fingerprint density at radius 3 is 2.73 bits per heavy atom. The minimum Gasteiger partial charge on any atom is -0.394 e. The van der Waals surface area contributed by atoms with Crippen molar-refractivity contribution in [3.05, 3.63) is 0 Å². The van der Waals surface area contributed by atoms with Crippen LogP contribution >= 0.6 is 0 Å². The Morgan fingerprint density at radius 1 is 1.53 bits per heavy atom. The van der Waals surface area contributed by atoms with Crippen LogP contribution in [-0.2, 0) is 14.6 Å². The lowest BCUT2D eigenvalue weighted by Gasteiger charge is -2.22. The lowest BCUT2D eigenvalue weighted by Crippen LogP contribution is -2.46. The third-order valence-corrected chi connectivity index (χ3v) is 4.71. The molecule has 1 aliphatic heterocycles. The molecule has 1 fully saturated rings. The standard InChI is InChI=1S/C9H17NO4S/c1-7(6-11)10-9(12)8-4-2-3-5-15(8,13)14/h7-8,11H,2-6H2,1H3,(H,10,12)/t7-,8?/m1/s1. The fraction of sp³-hybridized carbons (Fsp3) is 0.889. The predicted molar refractivity (Wildman–Crippen MR) is 56.1 cm³/mol. The molecule has 6 heteroatoms. The molecule has 0 aromatic rings. The molecule has 0 spiro atoms. The highest BCUT2D eigenvalue weighted by molar-refractivity contribution is 7.92. The van der Waals surface area contributed by atoms with Gasteiger partial charge in [0.05, 0.1) is 12.4 Å². The number of hydrogen-bond acceptors (Lipinski definition) is 4. The molecule has 1 saturated heterocycles. The molecule has 0 aliphatic carbocycles. The van der Waals surface area contributed by atoms with Crippen molar-refractivity contribution in [2.24, 2.45) is 0 Å². The van der Waals surface area contributed by atoms with Crippen molar-refractivity contribution in [2.75, 3.05) is 12.4 Å². The average Bonchev–Trinajstić information content (AvgIpc) is 2.16. The van der Waals surface area contributed by atoms with Crippen LogP contribution in [0.4, 0.5) is 0 Å². The zero-order valence-electron chi connectivity index (χ0n) is 8.77. The molecule has 0 aromatic heterocycles. The van der Waals surface area contributed by atoms with Gasteiger partial charge in [-0.2, -0.15) is 0 Å². The topological polar surface area (TPSA) is 83.5 Å². The molecule has 1 amide bonds. The zero-order chi connectivity index (χ0) is 11.5. The van der Waals surface area contributed by atoms with E-state index in [1.165, 1.54) is 0 Å². The van der Waals surface area contributed by atoms with E-state index in [-0.39, 0.29) is 12.4 Å². The van der Waals surface area contributed by atoms with Crippen molar-refractivity contribution in [1.29, 1.82) is 0 Å². The molecule has 0 saturated carbocycles. The van der Waals surface area contributed by atoms with Gasteiger partial charge in [-0.1, -0.05) is 6.42 Å². The molecule has 2 N–H and O–H groups in total. The van der Waals surface area contributed by atoms with Gasteiger partial charge < -0.3 is 10.4 Å². The average molecular weight is 235 g/mol.